The molecule has 1 aromatic carbocycles. The summed E-state index contributed by atoms with van der Waals surface area (Å²) >= 11 is 0. The number of carbonyl (C=O) groups is 1. The van der Waals surface area contributed by atoms with Crippen LogP contribution >= 0.6 is 0 Å². The van der Waals surface area contributed by atoms with E-state index >= 15 is 0 Å². The van der Waals surface area contributed by atoms with Crippen LogP contribution in [0.3, 0.4) is 0 Å². The number of alkyl halides is 3. The van der Waals surface area contributed by atoms with Crippen LogP contribution in [0, 0.1) is 11.7 Å². The van der Waals surface area contributed by atoms with Gasteiger partial charge in [0.2, 0.25) is 5.56 Å². The summed E-state index contributed by atoms with van der Waals surface area (Å²) in [6, 6.07) is 5.00. The van der Waals surface area contributed by atoms with Crippen LogP contribution in [0.5, 0.6) is 0 Å². The van der Waals surface area contributed by atoms with E-state index in [1.54, 1.807) is 6.20 Å². The maximum absolute atomic E-state index is 14.4. The molecule has 1 atom stereocenters. The second-order valence-electron chi connectivity index (χ2n) is 9.12. The van der Waals surface area contributed by atoms with Crippen molar-refractivity contribution in [2.75, 3.05) is 6.54 Å². The lowest BCUT2D eigenvalue weighted by Gasteiger charge is -2.30. The summed E-state index contributed by atoms with van der Waals surface area (Å²) in [5.74, 6) is -0.422. The lowest BCUT2D eigenvalue weighted by atomic mass is 10.0. The second-order valence-corrected chi connectivity index (χ2v) is 9.12. The SMILES string of the molecule is CC(C)Cc1ncc2c(n1)CN(C(=O)N[C@@H](c1ccc(C(F)(F)F)c(F)c1)c1cccc(=O)[nH]1)CC2. The summed E-state index contributed by atoms with van der Waals surface area (Å²) in [7, 11) is 0. The number of carbonyl (C=O) groups excluding carboxylic acids is 1. The molecule has 3 heterocycles. The van der Waals surface area contributed by atoms with Gasteiger partial charge in [0.25, 0.3) is 0 Å². The van der Waals surface area contributed by atoms with Crippen molar-refractivity contribution in [3.05, 3.63) is 92.7 Å². The zero-order chi connectivity index (χ0) is 26.0. The zero-order valence-corrected chi connectivity index (χ0v) is 19.7. The van der Waals surface area contributed by atoms with Crippen molar-refractivity contribution < 1.29 is 22.4 Å². The van der Waals surface area contributed by atoms with Crippen molar-refractivity contribution in [3.8, 4) is 0 Å². The van der Waals surface area contributed by atoms with Gasteiger partial charge in [-0.1, -0.05) is 26.0 Å². The third-order valence-electron chi connectivity index (χ3n) is 5.88. The predicted molar refractivity (Wildman–Crippen MR) is 124 cm³/mol. The van der Waals surface area contributed by atoms with E-state index in [1.165, 1.54) is 23.1 Å². The van der Waals surface area contributed by atoms with Gasteiger partial charge in [0.05, 0.1) is 23.8 Å². The minimum Gasteiger partial charge on any atom is -0.326 e. The molecule has 190 valence electrons. The largest absolute Gasteiger partial charge is 0.419 e. The molecule has 2 N–H and O–H groups in total. The number of benzene rings is 1. The van der Waals surface area contributed by atoms with Gasteiger partial charge >= 0.3 is 12.2 Å². The van der Waals surface area contributed by atoms with Crippen molar-refractivity contribution in [1.29, 1.82) is 0 Å². The summed E-state index contributed by atoms with van der Waals surface area (Å²) in [5.41, 5.74) is 0.0408. The molecular weight excluding hydrogens is 478 g/mol. The molecule has 0 saturated carbocycles. The molecule has 7 nitrogen and oxygen atoms in total. The van der Waals surface area contributed by atoms with E-state index in [0.29, 0.717) is 37.2 Å². The van der Waals surface area contributed by atoms with E-state index in [9.17, 15) is 27.2 Å². The van der Waals surface area contributed by atoms with Crippen molar-refractivity contribution in [2.24, 2.45) is 5.92 Å². The molecule has 0 aliphatic carbocycles. The second kappa shape index (κ2) is 10.1. The number of rotatable bonds is 5. The Kier molecular flexibility index (Phi) is 7.09. The van der Waals surface area contributed by atoms with E-state index in [1.807, 2.05) is 0 Å². The number of urea groups is 1. The molecule has 0 radical (unpaired) electrons. The maximum atomic E-state index is 14.4. The van der Waals surface area contributed by atoms with E-state index in [-0.39, 0.29) is 17.8 Å². The summed E-state index contributed by atoms with van der Waals surface area (Å²) < 4.78 is 53.5. The molecule has 0 fully saturated rings. The first-order valence-corrected chi connectivity index (χ1v) is 11.5. The number of amides is 2. The molecule has 2 amide bonds. The Morgan fingerprint density at radius 2 is 2.00 bits per heavy atom. The quantitative estimate of drug-likeness (QED) is 0.506. The fourth-order valence-electron chi connectivity index (χ4n) is 4.11. The Hall–Kier alpha value is -3.76. The molecule has 11 heteroatoms. The zero-order valence-electron chi connectivity index (χ0n) is 19.7. The highest BCUT2D eigenvalue weighted by Crippen LogP contribution is 2.33. The average molecular weight is 504 g/mol. The number of halogens is 4. The number of H-pyrrole nitrogens is 1. The van der Waals surface area contributed by atoms with Gasteiger partial charge in [-0.05, 0) is 41.7 Å². The number of hydrogen-bond acceptors (Lipinski definition) is 4. The first-order chi connectivity index (χ1) is 17.0. The van der Waals surface area contributed by atoms with Crippen LogP contribution < -0.4 is 10.9 Å². The van der Waals surface area contributed by atoms with Crippen LogP contribution in [0.1, 0.15) is 53.8 Å². The van der Waals surface area contributed by atoms with Crippen LogP contribution in [0.15, 0.2) is 47.4 Å². The van der Waals surface area contributed by atoms with Gasteiger partial charge in [0.1, 0.15) is 11.6 Å². The normalized spacial score (nSPS) is 14.5. The van der Waals surface area contributed by atoms with E-state index in [4.69, 9.17) is 0 Å². The number of pyridine rings is 1. The van der Waals surface area contributed by atoms with E-state index in [0.717, 1.165) is 23.4 Å². The number of aromatic amines is 1. The molecule has 0 unspecified atom stereocenters. The molecule has 3 aromatic rings. The van der Waals surface area contributed by atoms with Crippen LogP contribution in [-0.2, 0) is 25.6 Å². The van der Waals surface area contributed by atoms with Crippen LogP contribution in [0.2, 0.25) is 0 Å². The van der Waals surface area contributed by atoms with Gasteiger partial charge < -0.3 is 15.2 Å². The molecule has 0 spiro atoms. The Labute approximate surface area is 204 Å². The smallest absolute Gasteiger partial charge is 0.326 e. The molecule has 0 bridgehead atoms. The number of nitrogens with one attached hydrogen (secondary N) is 2. The molecule has 1 aliphatic rings. The first kappa shape index (κ1) is 25.3. The van der Waals surface area contributed by atoms with Gasteiger partial charge in [-0.3, -0.25) is 4.79 Å². The molecule has 36 heavy (non-hydrogen) atoms. The lowest BCUT2D eigenvalue weighted by Crippen LogP contribution is -2.45. The van der Waals surface area contributed by atoms with Crippen LogP contribution in [0.4, 0.5) is 22.4 Å². The highest BCUT2D eigenvalue weighted by molar-refractivity contribution is 5.75. The number of nitrogens with zero attached hydrogens (tertiary/aromatic N) is 3. The third-order valence-corrected chi connectivity index (χ3v) is 5.88. The van der Waals surface area contributed by atoms with Gasteiger partial charge in [0, 0.05) is 30.9 Å². The standard InChI is InChI=1S/C25H25F4N5O2/c1-14(2)10-21-30-12-16-8-9-34(13-20(16)31-21)24(36)33-23(19-4-3-5-22(35)32-19)15-6-7-17(18(26)11-15)25(27,28)29/h3-7,11-12,14,23H,8-10,13H2,1-2H3,(H,32,35)(H,33,36)/t23-/m0/s1. The maximum Gasteiger partial charge on any atom is 0.419 e. The number of fused-ring (bicyclic) bond motifs is 1. The van der Waals surface area contributed by atoms with Crippen molar-refractivity contribution in [3.63, 3.8) is 0 Å². The average Bonchev–Trinajstić information content (AvgIpc) is 2.80. The Morgan fingerprint density at radius 3 is 2.67 bits per heavy atom. The monoisotopic (exact) mass is 503 g/mol. The Bertz CT molecular complexity index is 1320. The van der Waals surface area contributed by atoms with Crippen molar-refractivity contribution in [1.82, 2.24) is 25.2 Å². The van der Waals surface area contributed by atoms with E-state index in [2.05, 4.69) is 34.1 Å². The molecule has 1 aliphatic heterocycles. The summed E-state index contributed by atoms with van der Waals surface area (Å²) in [6.07, 6.45) is -1.85. The first-order valence-electron chi connectivity index (χ1n) is 11.5. The molecule has 2 aromatic heterocycles. The highest BCUT2D eigenvalue weighted by atomic mass is 19.4. The highest BCUT2D eigenvalue weighted by Gasteiger charge is 2.35. The third kappa shape index (κ3) is 5.72. The van der Waals surface area contributed by atoms with Gasteiger partial charge in [-0.25, -0.2) is 19.2 Å². The number of aromatic nitrogens is 3. The summed E-state index contributed by atoms with van der Waals surface area (Å²) in [6.45, 7) is 4.70. The van der Waals surface area contributed by atoms with Gasteiger partial charge in [-0.2, -0.15) is 13.2 Å². The lowest BCUT2D eigenvalue weighted by molar-refractivity contribution is -0.140. The van der Waals surface area contributed by atoms with Crippen LogP contribution in [-0.4, -0.2) is 32.4 Å². The van der Waals surface area contributed by atoms with Gasteiger partial charge in [-0.15, -0.1) is 0 Å². The Balaban J connectivity index is 1.61. The van der Waals surface area contributed by atoms with Gasteiger partial charge in [0.15, 0.2) is 0 Å². The molecule has 0 saturated heterocycles. The van der Waals surface area contributed by atoms with E-state index < -0.39 is 35.2 Å². The van der Waals surface area contributed by atoms with Crippen LogP contribution in [0.25, 0.3) is 0 Å². The van der Waals surface area contributed by atoms with Crippen molar-refractivity contribution >= 4 is 6.03 Å². The fourth-order valence-corrected chi connectivity index (χ4v) is 4.11. The fraction of sp³-hybridized carbons (Fsp3) is 0.360. The summed E-state index contributed by atoms with van der Waals surface area (Å²) in [4.78, 5) is 38.2. The Morgan fingerprint density at radius 1 is 1.22 bits per heavy atom. The molecule has 4 rings (SSSR count). The summed E-state index contributed by atoms with van der Waals surface area (Å²) in [5, 5.41) is 2.74. The molecular formula is C25H25F4N5O2. The minimum absolute atomic E-state index is 0.0506. The van der Waals surface area contributed by atoms with Crippen molar-refractivity contribution in [2.45, 2.75) is 45.5 Å². The minimum atomic E-state index is -4.86. The topological polar surface area (TPSA) is 91.0 Å². The number of hydrogen-bond donors (Lipinski definition) is 2. The predicted octanol–water partition coefficient (Wildman–Crippen LogP) is 4.38.